The van der Waals surface area contributed by atoms with Gasteiger partial charge in [-0.25, -0.2) is 4.98 Å². The number of carbonyl (C=O) groups is 1. The average molecular weight is 271 g/mol. The van der Waals surface area contributed by atoms with Gasteiger partial charge in [0, 0.05) is 19.8 Å². The Kier molecular flexibility index (Phi) is 5.06. The van der Waals surface area contributed by atoms with Crippen molar-refractivity contribution in [2.75, 3.05) is 7.05 Å². The molecular weight excluding hydrogens is 260 g/mol. The summed E-state index contributed by atoms with van der Waals surface area (Å²) >= 11 is 5.63. The first kappa shape index (κ1) is 13.9. The van der Waals surface area contributed by atoms with Crippen molar-refractivity contribution in [1.29, 1.82) is 0 Å². The third-order valence-corrected chi connectivity index (χ3v) is 2.25. The predicted octanol–water partition coefficient (Wildman–Crippen LogP) is 0.988. The van der Waals surface area contributed by atoms with Gasteiger partial charge in [-0.2, -0.15) is 0 Å². The highest BCUT2D eigenvalue weighted by atomic mass is 35.5. The molecule has 0 saturated carbocycles. The van der Waals surface area contributed by atoms with Gasteiger partial charge < -0.3 is 5.32 Å². The van der Waals surface area contributed by atoms with Crippen LogP contribution in [-0.2, 0) is 11.3 Å². The summed E-state index contributed by atoms with van der Waals surface area (Å²) in [4.78, 5) is 25.3. The van der Waals surface area contributed by atoms with Crippen LogP contribution in [-0.4, -0.2) is 28.3 Å². The molecule has 0 fully saturated rings. The molecule has 0 unspecified atom stereocenters. The number of hydrogen-bond donors (Lipinski definition) is 1. The van der Waals surface area contributed by atoms with E-state index in [1.165, 1.54) is 7.05 Å². The quantitative estimate of drug-likeness (QED) is 0.360. The molecule has 7 nitrogen and oxygen atoms in total. The fourth-order valence-electron chi connectivity index (χ4n) is 1.12. The predicted molar refractivity (Wildman–Crippen MR) is 65.0 cm³/mol. The maximum Gasteiger partial charge on any atom is 0.274 e. The van der Waals surface area contributed by atoms with E-state index in [4.69, 9.17) is 11.6 Å². The number of nitro groups is 1. The van der Waals surface area contributed by atoms with Gasteiger partial charge in [0.25, 0.3) is 6.20 Å². The Morgan fingerprint density at radius 3 is 2.89 bits per heavy atom. The van der Waals surface area contributed by atoms with Gasteiger partial charge in [-0.15, -0.1) is 0 Å². The molecule has 1 heterocycles. The molecule has 0 saturated heterocycles. The van der Waals surface area contributed by atoms with Crippen molar-refractivity contribution in [1.82, 2.24) is 15.2 Å². The normalized spacial score (nSPS) is 10.9. The van der Waals surface area contributed by atoms with E-state index >= 15 is 0 Å². The van der Waals surface area contributed by atoms with Crippen LogP contribution in [0.4, 0.5) is 0 Å². The van der Waals surface area contributed by atoms with Crippen molar-refractivity contribution < 1.29 is 9.72 Å². The molecule has 0 radical (unpaired) electrons. The number of hydrogen-bond acceptors (Lipinski definition) is 5. The first-order valence-corrected chi connectivity index (χ1v) is 5.28. The Labute approximate surface area is 108 Å². The minimum Gasteiger partial charge on any atom is -0.362 e. The number of aromatic nitrogens is 1. The second-order valence-corrected chi connectivity index (χ2v) is 3.75. The topological polar surface area (TPSA) is 88.4 Å². The standard InChI is InChI=1S/C10H11ClN4O3/c1-14(7-16)10(6-15(17)18)13-5-8-2-3-9(11)12-4-8/h2-4,6-7,13H,5H2,1H3. The lowest BCUT2D eigenvalue weighted by Crippen LogP contribution is -2.28. The van der Waals surface area contributed by atoms with E-state index in [2.05, 4.69) is 10.3 Å². The highest BCUT2D eigenvalue weighted by molar-refractivity contribution is 6.29. The van der Waals surface area contributed by atoms with E-state index in [1.807, 2.05) is 0 Å². The molecule has 18 heavy (non-hydrogen) atoms. The fraction of sp³-hybridized carbons (Fsp3) is 0.200. The number of amides is 1. The summed E-state index contributed by atoms with van der Waals surface area (Å²) in [6, 6.07) is 3.34. The van der Waals surface area contributed by atoms with E-state index in [-0.39, 0.29) is 5.82 Å². The number of nitrogens with one attached hydrogen (secondary N) is 1. The minimum atomic E-state index is -0.636. The Bertz CT molecular complexity index is 461. The maximum atomic E-state index is 10.6. The zero-order valence-corrected chi connectivity index (χ0v) is 10.3. The number of carbonyl (C=O) groups excluding carboxylic acids is 1. The SMILES string of the molecule is CN(C=O)C(=C[N+](=O)[O-])NCc1ccc(Cl)nc1. The molecule has 1 rings (SSSR count). The van der Waals surface area contributed by atoms with Crippen molar-refractivity contribution in [3.63, 3.8) is 0 Å². The molecular formula is C10H11ClN4O3. The molecule has 1 aromatic heterocycles. The zero-order valence-electron chi connectivity index (χ0n) is 9.54. The Balaban J connectivity index is 2.70. The monoisotopic (exact) mass is 270 g/mol. The van der Waals surface area contributed by atoms with Gasteiger partial charge in [-0.1, -0.05) is 17.7 Å². The van der Waals surface area contributed by atoms with Crippen molar-refractivity contribution in [2.24, 2.45) is 0 Å². The molecule has 1 N–H and O–H groups in total. The molecule has 0 aliphatic rings. The zero-order chi connectivity index (χ0) is 13.5. The lowest BCUT2D eigenvalue weighted by atomic mass is 10.3. The third-order valence-electron chi connectivity index (χ3n) is 2.03. The van der Waals surface area contributed by atoms with Crippen LogP contribution in [0.2, 0.25) is 5.15 Å². The highest BCUT2D eigenvalue weighted by Crippen LogP contribution is 2.06. The molecule has 0 aliphatic carbocycles. The Morgan fingerprint density at radius 1 is 1.67 bits per heavy atom. The Morgan fingerprint density at radius 2 is 2.39 bits per heavy atom. The van der Waals surface area contributed by atoms with Gasteiger partial charge in [-0.3, -0.25) is 19.8 Å². The smallest absolute Gasteiger partial charge is 0.274 e. The molecule has 0 bridgehead atoms. The second kappa shape index (κ2) is 6.55. The van der Waals surface area contributed by atoms with E-state index in [1.54, 1.807) is 18.3 Å². The number of pyridine rings is 1. The van der Waals surface area contributed by atoms with Crippen LogP contribution < -0.4 is 5.32 Å². The average Bonchev–Trinajstić information content (AvgIpc) is 2.35. The first-order valence-electron chi connectivity index (χ1n) is 4.90. The molecule has 0 aliphatic heterocycles. The second-order valence-electron chi connectivity index (χ2n) is 3.36. The van der Waals surface area contributed by atoms with E-state index in [0.717, 1.165) is 16.7 Å². The Hall–Kier alpha value is -2.15. The van der Waals surface area contributed by atoms with Crippen LogP contribution >= 0.6 is 11.6 Å². The van der Waals surface area contributed by atoms with Gasteiger partial charge in [-0.05, 0) is 11.6 Å². The van der Waals surface area contributed by atoms with Gasteiger partial charge in [0.2, 0.25) is 6.41 Å². The molecule has 1 aromatic rings. The van der Waals surface area contributed by atoms with Crippen molar-refractivity contribution in [3.05, 3.63) is 51.2 Å². The number of halogens is 1. The van der Waals surface area contributed by atoms with Crippen LogP contribution in [0.25, 0.3) is 0 Å². The maximum absolute atomic E-state index is 10.6. The summed E-state index contributed by atoms with van der Waals surface area (Å²) < 4.78 is 0. The summed E-state index contributed by atoms with van der Waals surface area (Å²) in [5.74, 6) is 0.0879. The summed E-state index contributed by atoms with van der Waals surface area (Å²) in [6.07, 6.45) is 2.74. The number of rotatable bonds is 6. The molecule has 1 amide bonds. The summed E-state index contributed by atoms with van der Waals surface area (Å²) in [6.45, 7) is 0.294. The summed E-state index contributed by atoms with van der Waals surface area (Å²) in [5.41, 5.74) is 0.785. The highest BCUT2D eigenvalue weighted by Gasteiger charge is 2.08. The van der Waals surface area contributed by atoms with Crippen molar-refractivity contribution in [3.8, 4) is 0 Å². The van der Waals surface area contributed by atoms with Crippen LogP contribution in [0.5, 0.6) is 0 Å². The van der Waals surface area contributed by atoms with Crippen LogP contribution in [0.3, 0.4) is 0 Å². The lowest BCUT2D eigenvalue weighted by Gasteiger charge is -2.14. The summed E-state index contributed by atoms with van der Waals surface area (Å²) in [5, 5.41) is 13.5. The molecule has 0 atom stereocenters. The van der Waals surface area contributed by atoms with E-state index in [0.29, 0.717) is 18.1 Å². The van der Waals surface area contributed by atoms with Crippen molar-refractivity contribution >= 4 is 18.0 Å². The fourth-order valence-corrected chi connectivity index (χ4v) is 1.23. The van der Waals surface area contributed by atoms with Gasteiger partial charge in [0.15, 0.2) is 5.82 Å². The van der Waals surface area contributed by atoms with Gasteiger partial charge in [0.1, 0.15) is 5.15 Å². The molecule has 8 heteroatoms. The van der Waals surface area contributed by atoms with E-state index in [9.17, 15) is 14.9 Å². The number of nitrogens with zero attached hydrogens (tertiary/aromatic N) is 3. The first-order chi connectivity index (χ1) is 8.52. The van der Waals surface area contributed by atoms with Crippen LogP contribution in [0.15, 0.2) is 30.4 Å². The van der Waals surface area contributed by atoms with E-state index < -0.39 is 4.92 Å². The third kappa shape index (κ3) is 4.38. The summed E-state index contributed by atoms with van der Waals surface area (Å²) in [7, 11) is 1.41. The van der Waals surface area contributed by atoms with Crippen molar-refractivity contribution in [2.45, 2.75) is 6.54 Å². The van der Waals surface area contributed by atoms with Gasteiger partial charge >= 0.3 is 0 Å². The minimum absolute atomic E-state index is 0.0879. The molecule has 96 valence electrons. The molecule has 0 aromatic carbocycles. The van der Waals surface area contributed by atoms with Crippen LogP contribution in [0, 0.1) is 10.1 Å². The molecule has 0 spiro atoms. The largest absolute Gasteiger partial charge is 0.362 e. The van der Waals surface area contributed by atoms with Gasteiger partial charge in [0.05, 0.1) is 4.92 Å². The van der Waals surface area contributed by atoms with Crippen LogP contribution in [0.1, 0.15) is 5.56 Å². The lowest BCUT2D eigenvalue weighted by molar-refractivity contribution is -0.404.